The van der Waals surface area contributed by atoms with Gasteiger partial charge in [-0.3, -0.25) is 4.79 Å². The quantitative estimate of drug-likeness (QED) is 0.538. The predicted molar refractivity (Wildman–Crippen MR) is 58.9 cm³/mol. The topological polar surface area (TPSA) is 52.6 Å². The van der Waals surface area contributed by atoms with Crippen molar-refractivity contribution in [2.24, 2.45) is 17.3 Å². The van der Waals surface area contributed by atoms with E-state index in [1.165, 1.54) is 6.08 Å². The van der Waals surface area contributed by atoms with Gasteiger partial charge in [-0.15, -0.1) is 0 Å². The van der Waals surface area contributed by atoms with Gasteiger partial charge < -0.3 is 9.47 Å². The van der Waals surface area contributed by atoms with Crippen molar-refractivity contribution >= 4 is 11.9 Å². The fourth-order valence-corrected chi connectivity index (χ4v) is 3.86. The first-order valence-corrected chi connectivity index (χ1v) is 6.16. The van der Waals surface area contributed by atoms with Gasteiger partial charge in [-0.2, -0.15) is 0 Å². The van der Waals surface area contributed by atoms with Crippen LogP contribution in [0.3, 0.4) is 0 Å². The number of carbonyl (C=O) groups excluding carboxylic acids is 2. The van der Waals surface area contributed by atoms with E-state index in [0.717, 1.165) is 25.7 Å². The standard InChI is InChI=1S/C13H16O4/c1-2-11(14)17-10-6-9-5-8(10)7-13(9)3-4-16-12(13)15/h2,8-10H,1,3-7H2. The molecule has 4 unspecified atom stereocenters. The van der Waals surface area contributed by atoms with Crippen LogP contribution in [-0.2, 0) is 19.1 Å². The highest BCUT2D eigenvalue weighted by Crippen LogP contribution is 2.60. The van der Waals surface area contributed by atoms with Crippen LogP contribution in [0.1, 0.15) is 25.7 Å². The van der Waals surface area contributed by atoms with Crippen molar-refractivity contribution in [1.82, 2.24) is 0 Å². The number of carbonyl (C=O) groups is 2. The van der Waals surface area contributed by atoms with Crippen molar-refractivity contribution in [3.63, 3.8) is 0 Å². The summed E-state index contributed by atoms with van der Waals surface area (Å²) in [5.74, 6) is 0.281. The smallest absolute Gasteiger partial charge is 0.330 e. The van der Waals surface area contributed by atoms with Gasteiger partial charge in [0.2, 0.25) is 0 Å². The molecule has 0 aromatic carbocycles. The van der Waals surface area contributed by atoms with Crippen molar-refractivity contribution in [3.8, 4) is 0 Å². The van der Waals surface area contributed by atoms with Gasteiger partial charge in [-0.25, -0.2) is 4.79 Å². The van der Waals surface area contributed by atoms with Crippen molar-refractivity contribution < 1.29 is 19.1 Å². The summed E-state index contributed by atoms with van der Waals surface area (Å²) in [6.07, 6.45) is 4.64. The summed E-state index contributed by atoms with van der Waals surface area (Å²) in [6, 6.07) is 0. The lowest BCUT2D eigenvalue weighted by Crippen LogP contribution is -2.37. The van der Waals surface area contributed by atoms with Crippen LogP contribution in [0.2, 0.25) is 0 Å². The Morgan fingerprint density at radius 2 is 2.35 bits per heavy atom. The summed E-state index contributed by atoms with van der Waals surface area (Å²) >= 11 is 0. The molecule has 3 rings (SSSR count). The molecule has 1 spiro atoms. The second-order valence-electron chi connectivity index (χ2n) is 5.35. The van der Waals surface area contributed by atoms with E-state index in [1.54, 1.807) is 0 Å². The van der Waals surface area contributed by atoms with Gasteiger partial charge in [0.1, 0.15) is 6.10 Å². The van der Waals surface area contributed by atoms with Crippen LogP contribution in [-0.4, -0.2) is 24.6 Å². The van der Waals surface area contributed by atoms with Crippen LogP contribution < -0.4 is 0 Å². The van der Waals surface area contributed by atoms with E-state index >= 15 is 0 Å². The third-order valence-corrected chi connectivity index (χ3v) is 4.66. The number of hydrogen-bond acceptors (Lipinski definition) is 4. The van der Waals surface area contributed by atoms with E-state index in [2.05, 4.69) is 6.58 Å². The third kappa shape index (κ3) is 1.43. The number of esters is 2. The summed E-state index contributed by atoms with van der Waals surface area (Å²) in [6.45, 7) is 3.95. The zero-order valence-electron chi connectivity index (χ0n) is 9.69. The highest BCUT2D eigenvalue weighted by molar-refractivity contribution is 5.82. The molecule has 2 saturated carbocycles. The molecule has 4 nitrogen and oxygen atoms in total. The largest absolute Gasteiger partial charge is 0.465 e. The summed E-state index contributed by atoms with van der Waals surface area (Å²) in [4.78, 5) is 23.0. The molecule has 2 bridgehead atoms. The molecule has 0 aromatic heterocycles. The minimum Gasteiger partial charge on any atom is -0.465 e. The first-order chi connectivity index (χ1) is 8.15. The number of rotatable bonds is 2. The molecule has 17 heavy (non-hydrogen) atoms. The molecule has 3 fully saturated rings. The van der Waals surface area contributed by atoms with Gasteiger partial charge in [0, 0.05) is 6.08 Å². The van der Waals surface area contributed by atoms with Crippen LogP contribution in [0.5, 0.6) is 0 Å². The average Bonchev–Trinajstić information content (AvgIpc) is 2.96. The summed E-state index contributed by atoms with van der Waals surface area (Å²) in [5.41, 5.74) is -0.248. The number of hydrogen-bond donors (Lipinski definition) is 0. The Labute approximate surface area is 100.0 Å². The van der Waals surface area contributed by atoms with E-state index in [1.807, 2.05) is 0 Å². The van der Waals surface area contributed by atoms with Gasteiger partial charge in [0.15, 0.2) is 0 Å². The van der Waals surface area contributed by atoms with Crippen LogP contribution >= 0.6 is 0 Å². The fourth-order valence-electron chi connectivity index (χ4n) is 3.86. The SMILES string of the molecule is C=CC(=O)OC1CC2CC1CC21CCOC1=O. The molecular weight excluding hydrogens is 220 g/mol. The van der Waals surface area contributed by atoms with Crippen LogP contribution in [0.25, 0.3) is 0 Å². The lowest BCUT2D eigenvalue weighted by Gasteiger charge is -2.32. The molecule has 1 heterocycles. The van der Waals surface area contributed by atoms with Crippen molar-refractivity contribution in [1.29, 1.82) is 0 Å². The molecule has 4 heteroatoms. The second kappa shape index (κ2) is 3.59. The molecule has 0 N–H and O–H groups in total. The second-order valence-corrected chi connectivity index (χ2v) is 5.35. The van der Waals surface area contributed by atoms with Crippen molar-refractivity contribution in [2.75, 3.05) is 6.61 Å². The Morgan fingerprint density at radius 1 is 1.53 bits per heavy atom. The molecule has 0 amide bonds. The Kier molecular flexibility index (Phi) is 2.28. The lowest BCUT2D eigenvalue weighted by atomic mass is 9.71. The van der Waals surface area contributed by atoms with Crippen LogP contribution in [0.4, 0.5) is 0 Å². The lowest BCUT2D eigenvalue weighted by molar-refractivity contribution is -0.152. The van der Waals surface area contributed by atoms with E-state index in [0.29, 0.717) is 18.4 Å². The zero-order valence-corrected chi connectivity index (χ0v) is 9.69. The normalized spacial score (nSPS) is 42.8. The van der Waals surface area contributed by atoms with Gasteiger partial charge >= 0.3 is 11.9 Å². The fraction of sp³-hybridized carbons (Fsp3) is 0.692. The number of cyclic esters (lactones) is 1. The molecule has 0 aromatic rings. The molecule has 1 aliphatic heterocycles. The number of fused-ring (bicyclic) bond motifs is 3. The summed E-state index contributed by atoms with van der Waals surface area (Å²) in [7, 11) is 0. The average molecular weight is 236 g/mol. The van der Waals surface area contributed by atoms with E-state index in [4.69, 9.17) is 9.47 Å². The Balaban J connectivity index is 1.72. The molecule has 1 saturated heterocycles. The van der Waals surface area contributed by atoms with Crippen LogP contribution in [0.15, 0.2) is 12.7 Å². The Morgan fingerprint density at radius 3 is 2.88 bits per heavy atom. The molecule has 2 aliphatic carbocycles. The molecule has 0 radical (unpaired) electrons. The van der Waals surface area contributed by atoms with E-state index in [-0.39, 0.29) is 23.5 Å². The maximum atomic E-state index is 11.8. The molecule has 92 valence electrons. The molecule has 4 atom stereocenters. The van der Waals surface area contributed by atoms with Crippen molar-refractivity contribution in [2.45, 2.75) is 31.8 Å². The van der Waals surface area contributed by atoms with E-state index in [9.17, 15) is 9.59 Å². The first kappa shape index (κ1) is 10.8. The van der Waals surface area contributed by atoms with Gasteiger partial charge in [-0.1, -0.05) is 6.58 Å². The Bertz CT molecular complexity index is 389. The Hall–Kier alpha value is -1.32. The highest BCUT2D eigenvalue weighted by Gasteiger charge is 2.62. The highest BCUT2D eigenvalue weighted by atomic mass is 16.5. The molecule has 3 aliphatic rings. The first-order valence-electron chi connectivity index (χ1n) is 6.16. The predicted octanol–water partition coefficient (Wildman–Crippen LogP) is 1.45. The summed E-state index contributed by atoms with van der Waals surface area (Å²) in [5, 5.41) is 0. The third-order valence-electron chi connectivity index (χ3n) is 4.66. The minimum absolute atomic E-state index is 0.0236. The van der Waals surface area contributed by atoms with Gasteiger partial charge in [-0.05, 0) is 37.5 Å². The molecular formula is C13H16O4. The minimum atomic E-state index is -0.356. The van der Waals surface area contributed by atoms with Crippen molar-refractivity contribution in [3.05, 3.63) is 12.7 Å². The van der Waals surface area contributed by atoms with E-state index < -0.39 is 0 Å². The number of ether oxygens (including phenoxy) is 2. The van der Waals surface area contributed by atoms with Gasteiger partial charge in [0.25, 0.3) is 0 Å². The zero-order chi connectivity index (χ0) is 12.0. The maximum Gasteiger partial charge on any atom is 0.330 e. The van der Waals surface area contributed by atoms with Crippen LogP contribution in [0, 0.1) is 17.3 Å². The monoisotopic (exact) mass is 236 g/mol. The van der Waals surface area contributed by atoms with Gasteiger partial charge in [0.05, 0.1) is 12.0 Å². The summed E-state index contributed by atoms with van der Waals surface area (Å²) < 4.78 is 10.4. The maximum absolute atomic E-state index is 11.8.